The van der Waals surface area contributed by atoms with Gasteiger partial charge in [-0.15, -0.1) is 0 Å². The summed E-state index contributed by atoms with van der Waals surface area (Å²) in [7, 11) is 0. The maximum atomic E-state index is 12.9. The first-order valence-corrected chi connectivity index (χ1v) is 11.1. The Kier molecular flexibility index (Phi) is 6.99. The molecule has 3 atom stereocenters. The van der Waals surface area contributed by atoms with Gasteiger partial charge in [-0.1, -0.05) is 25.1 Å². The lowest BCUT2D eigenvalue weighted by Crippen LogP contribution is -2.13. The van der Waals surface area contributed by atoms with Crippen LogP contribution in [-0.4, -0.2) is 24.6 Å². The largest absolute Gasteiger partial charge is 0.440 e. The fourth-order valence-electron chi connectivity index (χ4n) is 2.12. The highest BCUT2D eigenvalue weighted by Gasteiger charge is 2.34. The number of ether oxygens (including phenoxy) is 2. The van der Waals surface area contributed by atoms with Gasteiger partial charge in [-0.2, -0.15) is 0 Å². The van der Waals surface area contributed by atoms with Gasteiger partial charge in [0.05, 0.1) is 24.4 Å². The third-order valence-electron chi connectivity index (χ3n) is 3.46. The Morgan fingerprint density at radius 1 is 1.17 bits per heavy atom. The van der Waals surface area contributed by atoms with Gasteiger partial charge in [0, 0.05) is 5.75 Å². The number of hydrogen-bond acceptors (Lipinski definition) is 6. The van der Waals surface area contributed by atoms with Gasteiger partial charge in [0.2, 0.25) is 0 Å². The van der Waals surface area contributed by atoms with Crippen molar-refractivity contribution in [2.45, 2.75) is 52.6 Å². The Labute approximate surface area is 142 Å². The van der Waals surface area contributed by atoms with E-state index in [1.54, 1.807) is 13.0 Å². The fraction of sp³-hybridized carbons (Fsp3) is 0.625. The second-order valence-electron chi connectivity index (χ2n) is 5.34. The van der Waals surface area contributed by atoms with Crippen molar-refractivity contribution in [3.8, 4) is 5.75 Å². The smallest absolute Gasteiger partial charge is 0.416 e. The zero-order chi connectivity index (χ0) is 16.9. The number of hydrogen-bond donors (Lipinski definition) is 0. The van der Waals surface area contributed by atoms with Crippen LogP contribution < -0.4 is 4.52 Å². The van der Waals surface area contributed by atoms with Gasteiger partial charge in [-0.3, -0.25) is 4.52 Å². The van der Waals surface area contributed by atoms with Crippen molar-refractivity contribution in [3.63, 3.8) is 0 Å². The second-order valence-corrected chi connectivity index (χ2v) is 9.46. The van der Waals surface area contributed by atoms with Gasteiger partial charge in [0.15, 0.2) is 6.29 Å². The Morgan fingerprint density at radius 2 is 1.83 bits per heavy atom. The summed E-state index contributed by atoms with van der Waals surface area (Å²) in [6, 6.07) is 7.36. The van der Waals surface area contributed by atoms with Crippen molar-refractivity contribution >= 4 is 18.2 Å². The van der Waals surface area contributed by atoms with Crippen LogP contribution in [-0.2, 0) is 18.6 Å². The average molecular weight is 360 g/mol. The molecule has 130 valence electrons. The molecule has 1 heterocycles. The highest BCUT2D eigenvalue weighted by atomic mass is 32.7. The minimum absolute atomic E-state index is 0.00113. The van der Waals surface area contributed by atoms with Crippen molar-refractivity contribution in [1.82, 2.24) is 0 Å². The Morgan fingerprint density at radius 3 is 2.43 bits per heavy atom. The maximum Gasteiger partial charge on any atom is 0.440 e. The molecule has 0 aliphatic carbocycles. The SMILES string of the molecule is CCCSP(=O)(OCC)Oc1ccccc1C1OC(C)C(C)O1. The van der Waals surface area contributed by atoms with Crippen LogP contribution in [0, 0.1) is 0 Å². The topological polar surface area (TPSA) is 54.0 Å². The summed E-state index contributed by atoms with van der Waals surface area (Å²) in [5.74, 6) is 1.20. The van der Waals surface area contributed by atoms with E-state index in [4.69, 9.17) is 18.5 Å². The molecule has 23 heavy (non-hydrogen) atoms. The lowest BCUT2D eigenvalue weighted by molar-refractivity contribution is -0.0660. The summed E-state index contributed by atoms with van der Waals surface area (Å²) in [4.78, 5) is 0. The molecule has 1 aromatic carbocycles. The summed E-state index contributed by atoms with van der Waals surface area (Å²) in [6.07, 6.45) is 0.390. The van der Waals surface area contributed by atoms with Gasteiger partial charge in [0.1, 0.15) is 5.75 Å². The van der Waals surface area contributed by atoms with E-state index in [-0.39, 0.29) is 12.2 Å². The molecule has 0 aromatic heterocycles. The first-order chi connectivity index (χ1) is 11.0. The van der Waals surface area contributed by atoms with Gasteiger partial charge in [0.25, 0.3) is 0 Å². The van der Waals surface area contributed by atoms with Crippen molar-refractivity contribution in [2.24, 2.45) is 0 Å². The van der Waals surface area contributed by atoms with Gasteiger partial charge in [-0.05, 0) is 44.6 Å². The highest BCUT2D eigenvalue weighted by molar-refractivity contribution is 8.55. The molecule has 1 aromatic rings. The summed E-state index contributed by atoms with van der Waals surface area (Å²) in [5, 5.41) is 0. The monoisotopic (exact) mass is 360 g/mol. The van der Waals surface area contributed by atoms with Crippen LogP contribution in [0.15, 0.2) is 24.3 Å². The lowest BCUT2D eigenvalue weighted by Gasteiger charge is -2.21. The Balaban J connectivity index is 2.20. The summed E-state index contributed by atoms with van der Waals surface area (Å²) in [5.41, 5.74) is 0.737. The van der Waals surface area contributed by atoms with E-state index in [0.29, 0.717) is 18.1 Å². The minimum Gasteiger partial charge on any atom is -0.416 e. The van der Waals surface area contributed by atoms with Crippen LogP contribution in [0.2, 0.25) is 0 Å². The van der Waals surface area contributed by atoms with Crippen molar-refractivity contribution < 1.29 is 23.1 Å². The van der Waals surface area contributed by atoms with Crippen molar-refractivity contribution in [3.05, 3.63) is 29.8 Å². The van der Waals surface area contributed by atoms with E-state index in [1.165, 1.54) is 11.4 Å². The number of para-hydroxylation sites is 1. The highest BCUT2D eigenvalue weighted by Crippen LogP contribution is 2.61. The maximum absolute atomic E-state index is 12.9. The molecule has 0 spiro atoms. The third-order valence-corrected chi connectivity index (χ3v) is 7.40. The van der Waals surface area contributed by atoms with Crippen LogP contribution in [0.4, 0.5) is 0 Å². The molecule has 1 aliphatic heterocycles. The molecule has 0 saturated carbocycles. The second kappa shape index (κ2) is 8.54. The van der Waals surface area contributed by atoms with E-state index < -0.39 is 13.1 Å². The summed E-state index contributed by atoms with van der Waals surface area (Å²) in [6.45, 7) is 4.86. The molecular weight excluding hydrogens is 335 g/mol. The molecular formula is C16H25O5PS. The van der Waals surface area contributed by atoms with E-state index in [1.807, 2.05) is 39.0 Å². The zero-order valence-corrected chi connectivity index (χ0v) is 15.8. The predicted molar refractivity (Wildman–Crippen MR) is 92.9 cm³/mol. The van der Waals surface area contributed by atoms with E-state index >= 15 is 0 Å². The standard InChI is InChI=1S/C16H25O5PS/c1-5-11-23-22(17,18-6-2)21-15-10-8-7-9-14(15)16-19-12(3)13(4)20-16/h7-10,12-13,16H,5-6,11H2,1-4H3. The van der Waals surface area contributed by atoms with E-state index in [9.17, 15) is 4.57 Å². The normalized spacial score (nSPS) is 26.9. The third kappa shape index (κ3) is 4.97. The first kappa shape index (κ1) is 18.8. The Hall–Kier alpha value is -0.520. The van der Waals surface area contributed by atoms with Crippen molar-refractivity contribution in [1.29, 1.82) is 0 Å². The van der Waals surface area contributed by atoms with Crippen molar-refractivity contribution in [2.75, 3.05) is 12.4 Å². The molecule has 1 aliphatic rings. The molecule has 5 nitrogen and oxygen atoms in total. The molecule has 1 saturated heterocycles. The molecule has 1 fully saturated rings. The average Bonchev–Trinajstić information content (AvgIpc) is 2.85. The molecule has 0 bridgehead atoms. The molecule has 3 unspecified atom stereocenters. The van der Waals surface area contributed by atoms with Crippen LogP contribution in [0.3, 0.4) is 0 Å². The van der Waals surface area contributed by atoms with Crippen LogP contribution in [0.1, 0.15) is 46.0 Å². The molecule has 0 amide bonds. The molecule has 7 heteroatoms. The Bertz CT molecular complexity index is 543. The first-order valence-electron chi connectivity index (χ1n) is 7.97. The van der Waals surface area contributed by atoms with Crippen LogP contribution in [0.25, 0.3) is 0 Å². The molecule has 0 radical (unpaired) electrons. The van der Waals surface area contributed by atoms with E-state index in [2.05, 4.69) is 0 Å². The zero-order valence-electron chi connectivity index (χ0n) is 14.1. The predicted octanol–water partition coefficient (Wildman–Crippen LogP) is 5.18. The summed E-state index contributed by atoms with van der Waals surface area (Å²) >= 11 is 1.23. The quantitative estimate of drug-likeness (QED) is 0.596. The van der Waals surface area contributed by atoms with Gasteiger partial charge >= 0.3 is 6.80 Å². The van der Waals surface area contributed by atoms with Gasteiger partial charge in [-0.25, -0.2) is 4.57 Å². The summed E-state index contributed by atoms with van der Waals surface area (Å²) < 4.78 is 35.7. The molecule has 0 N–H and O–H groups in total. The fourth-order valence-corrected chi connectivity index (χ4v) is 5.59. The molecule has 2 rings (SSSR count). The van der Waals surface area contributed by atoms with Crippen LogP contribution >= 0.6 is 18.2 Å². The number of rotatable bonds is 8. The lowest BCUT2D eigenvalue weighted by atomic mass is 10.2. The minimum atomic E-state index is -3.25. The van der Waals surface area contributed by atoms with Crippen LogP contribution in [0.5, 0.6) is 5.75 Å². The van der Waals surface area contributed by atoms with Gasteiger partial charge < -0.3 is 14.0 Å². The van der Waals surface area contributed by atoms with E-state index in [0.717, 1.165) is 12.0 Å². The number of benzene rings is 1.